The van der Waals surface area contributed by atoms with Crippen molar-refractivity contribution in [2.75, 3.05) is 11.9 Å². The smallest absolute Gasteiger partial charge is 0.270 e. The first-order chi connectivity index (χ1) is 10.8. The van der Waals surface area contributed by atoms with Crippen LogP contribution in [0.5, 0.6) is 5.75 Å². The first kappa shape index (κ1) is 16.5. The topological polar surface area (TPSA) is 72.7 Å². The first-order valence-corrected chi connectivity index (χ1v) is 7.08. The van der Waals surface area contributed by atoms with Gasteiger partial charge in [-0.15, -0.1) is 0 Å². The van der Waals surface area contributed by atoms with Gasteiger partial charge in [0.1, 0.15) is 5.75 Å². The van der Waals surface area contributed by atoms with Crippen molar-refractivity contribution in [3.8, 4) is 5.75 Å². The molecule has 0 aliphatic heterocycles. The second-order valence-electron chi connectivity index (χ2n) is 5.56. The van der Waals surface area contributed by atoms with E-state index in [-0.39, 0.29) is 11.6 Å². The van der Waals surface area contributed by atoms with Gasteiger partial charge in [-0.2, -0.15) is 0 Å². The van der Waals surface area contributed by atoms with Crippen molar-refractivity contribution < 1.29 is 14.5 Å². The summed E-state index contributed by atoms with van der Waals surface area (Å²) in [6.45, 7) is 3.33. The van der Waals surface area contributed by atoms with Gasteiger partial charge in [-0.05, 0) is 38.1 Å². The lowest BCUT2D eigenvalue weighted by Crippen LogP contribution is -2.47. The molecule has 0 radical (unpaired) electrons. The van der Waals surface area contributed by atoms with Crippen LogP contribution in [-0.2, 0) is 4.79 Å². The normalized spacial score (nSPS) is 10.9. The highest BCUT2D eigenvalue weighted by Gasteiger charge is 2.33. The molecule has 0 N–H and O–H groups in total. The first-order valence-electron chi connectivity index (χ1n) is 7.08. The SMILES string of the molecule is CN(C(=O)C(C)(C)Oc1ccc([N+](=O)[O-])cc1)c1ccccc1. The number of anilines is 1. The molecule has 0 heterocycles. The molecule has 0 atom stereocenters. The number of likely N-dealkylation sites (N-methyl/N-ethyl adjacent to an activating group) is 1. The highest BCUT2D eigenvalue weighted by Crippen LogP contribution is 2.24. The third-order valence-corrected chi connectivity index (χ3v) is 3.38. The lowest BCUT2D eigenvalue weighted by Gasteiger charge is -2.30. The summed E-state index contributed by atoms with van der Waals surface area (Å²) in [5.74, 6) is 0.178. The van der Waals surface area contributed by atoms with Crippen LogP contribution in [0.15, 0.2) is 54.6 Å². The van der Waals surface area contributed by atoms with Crippen LogP contribution in [0.25, 0.3) is 0 Å². The van der Waals surface area contributed by atoms with Gasteiger partial charge in [0, 0.05) is 24.9 Å². The van der Waals surface area contributed by atoms with Crippen LogP contribution in [0, 0.1) is 10.1 Å². The number of amides is 1. The Morgan fingerprint density at radius 3 is 2.17 bits per heavy atom. The Labute approximate surface area is 134 Å². The van der Waals surface area contributed by atoms with E-state index in [0.717, 1.165) is 5.69 Å². The Morgan fingerprint density at radius 2 is 1.65 bits per heavy atom. The van der Waals surface area contributed by atoms with Crippen molar-refractivity contribution in [3.05, 3.63) is 64.7 Å². The average Bonchev–Trinajstić information content (AvgIpc) is 2.54. The van der Waals surface area contributed by atoms with E-state index in [9.17, 15) is 14.9 Å². The zero-order valence-corrected chi connectivity index (χ0v) is 13.2. The van der Waals surface area contributed by atoms with Gasteiger partial charge in [0.15, 0.2) is 5.60 Å². The number of nitro groups is 1. The van der Waals surface area contributed by atoms with Crippen molar-refractivity contribution in [2.24, 2.45) is 0 Å². The lowest BCUT2D eigenvalue weighted by atomic mass is 10.1. The van der Waals surface area contributed by atoms with Crippen LogP contribution in [0.2, 0.25) is 0 Å². The van der Waals surface area contributed by atoms with Gasteiger partial charge in [-0.1, -0.05) is 18.2 Å². The Balaban J connectivity index is 2.14. The molecular formula is C17H18N2O4. The van der Waals surface area contributed by atoms with E-state index >= 15 is 0 Å². The van der Waals surface area contributed by atoms with Gasteiger partial charge in [0.05, 0.1) is 4.92 Å². The molecule has 0 fully saturated rings. The fourth-order valence-corrected chi connectivity index (χ4v) is 2.15. The number of carbonyl (C=O) groups is 1. The number of para-hydroxylation sites is 1. The minimum absolute atomic E-state index is 0.0251. The van der Waals surface area contributed by atoms with Gasteiger partial charge < -0.3 is 9.64 Å². The van der Waals surface area contributed by atoms with E-state index in [4.69, 9.17) is 4.74 Å². The van der Waals surface area contributed by atoms with Crippen molar-refractivity contribution >= 4 is 17.3 Å². The minimum Gasteiger partial charge on any atom is -0.478 e. The number of nitro benzene ring substituents is 1. The molecule has 6 nitrogen and oxygen atoms in total. The number of hydrogen-bond donors (Lipinski definition) is 0. The molecule has 0 bridgehead atoms. The molecule has 6 heteroatoms. The fraction of sp³-hybridized carbons (Fsp3) is 0.235. The van der Waals surface area contributed by atoms with Crippen LogP contribution < -0.4 is 9.64 Å². The van der Waals surface area contributed by atoms with E-state index in [2.05, 4.69) is 0 Å². The summed E-state index contributed by atoms with van der Waals surface area (Å²) in [5.41, 5.74) is -0.374. The number of benzene rings is 2. The van der Waals surface area contributed by atoms with Crippen LogP contribution in [0.1, 0.15) is 13.8 Å². The maximum absolute atomic E-state index is 12.6. The molecule has 23 heavy (non-hydrogen) atoms. The van der Waals surface area contributed by atoms with E-state index in [1.165, 1.54) is 29.2 Å². The van der Waals surface area contributed by atoms with Gasteiger partial charge in [-0.3, -0.25) is 14.9 Å². The summed E-state index contributed by atoms with van der Waals surface area (Å²) < 4.78 is 5.73. The summed E-state index contributed by atoms with van der Waals surface area (Å²) >= 11 is 0. The summed E-state index contributed by atoms with van der Waals surface area (Å²) in [5, 5.41) is 10.7. The van der Waals surface area contributed by atoms with Crippen molar-refractivity contribution in [1.82, 2.24) is 0 Å². The second-order valence-corrected chi connectivity index (χ2v) is 5.56. The van der Waals surface area contributed by atoms with E-state index in [0.29, 0.717) is 5.75 Å². The summed E-state index contributed by atoms with van der Waals surface area (Å²) in [4.78, 5) is 24.3. The second kappa shape index (κ2) is 6.48. The van der Waals surface area contributed by atoms with Gasteiger partial charge in [0.2, 0.25) is 0 Å². The number of hydrogen-bond acceptors (Lipinski definition) is 4. The molecule has 0 aliphatic carbocycles. The van der Waals surface area contributed by atoms with Gasteiger partial charge in [0.25, 0.3) is 11.6 Å². The van der Waals surface area contributed by atoms with Crippen LogP contribution in [-0.4, -0.2) is 23.5 Å². The molecule has 0 saturated heterocycles. The zero-order valence-electron chi connectivity index (χ0n) is 13.2. The average molecular weight is 314 g/mol. The van der Waals surface area contributed by atoms with Crippen LogP contribution in [0.3, 0.4) is 0 Å². The van der Waals surface area contributed by atoms with Gasteiger partial charge in [-0.25, -0.2) is 0 Å². The van der Waals surface area contributed by atoms with Gasteiger partial charge >= 0.3 is 0 Å². The molecule has 0 unspecified atom stereocenters. The van der Waals surface area contributed by atoms with Crippen molar-refractivity contribution in [1.29, 1.82) is 0 Å². The number of rotatable bonds is 5. The summed E-state index contributed by atoms with van der Waals surface area (Å²) in [6.07, 6.45) is 0. The van der Waals surface area contributed by atoms with E-state index in [1.807, 2.05) is 30.3 Å². The minimum atomic E-state index is -1.11. The zero-order chi connectivity index (χ0) is 17.0. The largest absolute Gasteiger partial charge is 0.478 e. The van der Waals surface area contributed by atoms with Crippen LogP contribution in [0.4, 0.5) is 11.4 Å². The molecule has 0 aromatic heterocycles. The maximum atomic E-state index is 12.6. The molecule has 2 aromatic rings. The van der Waals surface area contributed by atoms with Crippen molar-refractivity contribution in [3.63, 3.8) is 0 Å². The number of carbonyl (C=O) groups excluding carboxylic acids is 1. The third kappa shape index (κ3) is 3.85. The predicted molar refractivity (Wildman–Crippen MR) is 87.7 cm³/mol. The van der Waals surface area contributed by atoms with Crippen LogP contribution >= 0.6 is 0 Å². The quantitative estimate of drug-likeness (QED) is 0.626. The summed E-state index contributed by atoms with van der Waals surface area (Å²) in [7, 11) is 1.68. The Kier molecular flexibility index (Phi) is 4.64. The van der Waals surface area contributed by atoms with E-state index < -0.39 is 10.5 Å². The highest BCUT2D eigenvalue weighted by atomic mass is 16.6. The number of ether oxygens (including phenoxy) is 1. The molecule has 2 rings (SSSR count). The Bertz CT molecular complexity index is 696. The molecular weight excluding hydrogens is 296 g/mol. The monoisotopic (exact) mass is 314 g/mol. The molecule has 1 amide bonds. The maximum Gasteiger partial charge on any atom is 0.270 e. The molecule has 0 spiro atoms. The molecule has 120 valence electrons. The third-order valence-electron chi connectivity index (χ3n) is 3.38. The number of non-ortho nitro benzene ring substituents is 1. The lowest BCUT2D eigenvalue weighted by molar-refractivity contribution is -0.384. The predicted octanol–water partition coefficient (Wildman–Crippen LogP) is 3.42. The molecule has 2 aromatic carbocycles. The number of nitrogens with zero attached hydrogens (tertiary/aromatic N) is 2. The fourth-order valence-electron chi connectivity index (χ4n) is 2.15. The molecule has 0 aliphatic rings. The van der Waals surface area contributed by atoms with E-state index in [1.54, 1.807) is 20.9 Å². The Hall–Kier alpha value is -2.89. The van der Waals surface area contributed by atoms with Crippen molar-refractivity contribution in [2.45, 2.75) is 19.4 Å². The molecule has 0 saturated carbocycles. The summed E-state index contributed by atoms with van der Waals surface area (Å²) in [6, 6.07) is 14.9. The Morgan fingerprint density at radius 1 is 1.09 bits per heavy atom. The standard InChI is InChI=1S/C17H18N2O4/c1-17(2,16(20)18(3)13-7-5-4-6-8-13)23-15-11-9-14(10-12-15)19(21)22/h4-12H,1-3H3. The highest BCUT2D eigenvalue weighted by molar-refractivity contribution is 5.98.